The van der Waals surface area contributed by atoms with Crippen LogP contribution in [-0.4, -0.2) is 63.4 Å². The van der Waals surface area contributed by atoms with E-state index in [4.69, 9.17) is 15.3 Å². The van der Waals surface area contributed by atoms with E-state index in [0.29, 0.717) is 5.75 Å². The number of rotatable bonds is 10. The minimum atomic E-state index is -1.39. The molecule has 0 aromatic heterocycles. The predicted molar refractivity (Wildman–Crippen MR) is 74.4 cm³/mol. The average molecular weight is 321 g/mol. The lowest BCUT2D eigenvalue weighted by atomic mass is 10.1. The Balaban J connectivity index is 4.49. The van der Waals surface area contributed by atoms with Crippen LogP contribution in [0, 0.1) is 0 Å². The quantitative estimate of drug-likeness (QED) is 0.371. The summed E-state index contributed by atoms with van der Waals surface area (Å²) in [7, 11) is 0. The number of carbonyl (C=O) groups is 4. The molecule has 0 saturated heterocycles. The summed E-state index contributed by atoms with van der Waals surface area (Å²) in [5.74, 6) is -3.29. The molecule has 2 amide bonds. The van der Waals surface area contributed by atoms with Crippen LogP contribution in [0.25, 0.3) is 0 Å². The van der Waals surface area contributed by atoms with Crippen LogP contribution >= 0.6 is 11.8 Å². The van der Waals surface area contributed by atoms with Crippen molar-refractivity contribution in [1.29, 1.82) is 0 Å². The summed E-state index contributed by atoms with van der Waals surface area (Å²) >= 11 is 1.41. The molecule has 10 heteroatoms. The summed E-state index contributed by atoms with van der Waals surface area (Å²) in [6, 6.07) is -3.48. The van der Waals surface area contributed by atoms with Crippen molar-refractivity contribution in [3.05, 3.63) is 0 Å². The zero-order chi connectivity index (χ0) is 16.4. The van der Waals surface area contributed by atoms with Crippen LogP contribution in [0.4, 0.5) is 4.79 Å². The van der Waals surface area contributed by atoms with Crippen LogP contribution in [0.15, 0.2) is 0 Å². The van der Waals surface area contributed by atoms with Gasteiger partial charge in [0.2, 0.25) is 0 Å². The number of hydrogen-bond donors (Lipinski definition) is 5. The lowest BCUT2D eigenvalue weighted by Gasteiger charge is -2.18. The molecule has 0 radical (unpaired) electrons. The molecular weight excluding hydrogens is 303 g/mol. The number of thioether (sulfide) groups is 1. The van der Waals surface area contributed by atoms with Crippen LogP contribution in [0.3, 0.4) is 0 Å². The highest BCUT2D eigenvalue weighted by atomic mass is 32.2. The molecule has 0 aromatic carbocycles. The number of carbonyl (C=O) groups excluding carboxylic acids is 1. The second-order valence-electron chi connectivity index (χ2n) is 4.11. The standard InChI is InChI=1S/C11H18N2O7S/c1-21-5-4-7(10(18)19)13-11(20)12-6(9(16)17)2-3-8(14)15/h6-7H,2-5H2,1H3,(H,14,15)(H,16,17)(H,18,19)(H2,12,13,20)/i1-1. The van der Waals surface area contributed by atoms with Gasteiger partial charge in [-0.25, -0.2) is 14.4 Å². The van der Waals surface area contributed by atoms with Gasteiger partial charge in [0.05, 0.1) is 0 Å². The molecule has 2 atom stereocenters. The zero-order valence-corrected chi connectivity index (χ0v) is 12.2. The summed E-state index contributed by atoms with van der Waals surface area (Å²) in [5.41, 5.74) is 0. The van der Waals surface area contributed by atoms with Crippen molar-refractivity contribution < 1.29 is 34.5 Å². The van der Waals surface area contributed by atoms with E-state index in [-0.39, 0.29) is 12.8 Å². The molecule has 0 aromatic rings. The lowest BCUT2D eigenvalue weighted by molar-refractivity contribution is -0.140. The number of hydrogen-bond acceptors (Lipinski definition) is 5. The Hall–Kier alpha value is -1.97. The summed E-state index contributed by atoms with van der Waals surface area (Å²) in [5, 5.41) is 30.5. The first-order valence-corrected chi connectivity index (χ1v) is 7.40. The van der Waals surface area contributed by atoms with E-state index in [1.54, 1.807) is 6.26 Å². The number of nitrogens with one attached hydrogen (secondary N) is 2. The first-order valence-electron chi connectivity index (χ1n) is 6.01. The number of aliphatic carboxylic acids is 3. The molecule has 9 nitrogen and oxygen atoms in total. The second-order valence-corrected chi connectivity index (χ2v) is 5.10. The van der Waals surface area contributed by atoms with E-state index < -0.39 is 42.4 Å². The number of carboxylic acids is 3. The van der Waals surface area contributed by atoms with E-state index in [1.807, 2.05) is 0 Å². The van der Waals surface area contributed by atoms with Crippen LogP contribution in [0.1, 0.15) is 19.3 Å². The van der Waals surface area contributed by atoms with E-state index in [9.17, 15) is 19.2 Å². The fourth-order valence-corrected chi connectivity index (χ4v) is 1.85. The van der Waals surface area contributed by atoms with Crippen molar-refractivity contribution in [2.75, 3.05) is 12.0 Å². The van der Waals surface area contributed by atoms with Crippen LogP contribution in [0.5, 0.6) is 0 Å². The zero-order valence-electron chi connectivity index (χ0n) is 11.4. The highest BCUT2D eigenvalue weighted by molar-refractivity contribution is 7.98. The van der Waals surface area contributed by atoms with Gasteiger partial charge in [-0.05, 0) is 24.9 Å². The van der Waals surface area contributed by atoms with E-state index in [0.717, 1.165) is 0 Å². The topological polar surface area (TPSA) is 153 Å². The maximum absolute atomic E-state index is 11.6. The SMILES string of the molecule is [11CH3]SCCC(NC(=O)NC(CCC(=O)O)C(=O)O)C(=O)O. The molecule has 0 bridgehead atoms. The van der Waals surface area contributed by atoms with Crippen LogP contribution < -0.4 is 10.6 Å². The molecule has 0 aliphatic carbocycles. The Bertz CT molecular complexity index is 402. The maximum atomic E-state index is 11.6. The first-order chi connectivity index (χ1) is 9.77. The normalized spacial score (nSPS) is 13.0. The fraction of sp³-hybridized carbons (Fsp3) is 0.636. The second kappa shape index (κ2) is 9.86. The molecule has 0 spiro atoms. The molecule has 21 heavy (non-hydrogen) atoms. The summed E-state index contributed by atoms with van der Waals surface area (Å²) < 4.78 is 0. The minimum absolute atomic E-state index is 0.191. The van der Waals surface area contributed by atoms with E-state index in [2.05, 4.69) is 10.6 Å². The van der Waals surface area contributed by atoms with Crippen molar-refractivity contribution in [2.45, 2.75) is 31.3 Å². The molecule has 0 fully saturated rings. The third kappa shape index (κ3) is 8.74. The van der Waals surface area contributed by atoms with Crippen molar-refractivity contribution in [2.24, 2.45) is 0 Å². The van der Waals surface area contributed by atoms with Gasteiger partial charge in [-0.2, -0.15) is 11.8 Å². The Morgan fingerprint density at radius 2 is 1.43 bits per heavy atom. The average Bonchev–Trinajstić information content (AvgIpc) is 2.38. The molecular formula is C11H18N2O7S. The third-order valence-corrected chi connectivity index (χ3v) is 3.11. The van der Waals surface area contributed by atoms with Gasteiger partial charge >= 0.3 is 23.9 Å². The Labute approximate surface area is 125 Å². The van der Waals surface area contributed by atoms with Crippen molar-refractivity contribution in [3.8, 4) is 0 Å². The fourth-order valence-electron chi connectivity index (χ4n) is 1.38. The Morgan fingerprint density at radius 1 is 0.952 bits per heavy atom. The van der Waals surface area contributed by atoms with Crippen molar-refractivity contribution in [3.63, 3.8) is 0 Å². The highest BCUT2D eigenvalue weighted by Crippen LogP contribution is 2.02. The number of carboxylic acid groups (broad SMARTS) is 3. The molecule has 0 heterocycles. The monoisotopic (exact) mass is 321 g/mol. The molecule has 0 aliphatic rings. The Morgan fingerprint density at radius 3 is 1.81 bits per heavy atom. The van der Waals surface area contributed by atoms with Crippen molar-refractivity contribution in [1.82, 2.24) is 10.6 Å². The Kier molecular flexibility index (Phi) is 8.93. The van der Waals surface area contributed by atoms with Crippen LogP contribution in [-0.2, 0) is 14.4 Å². The third-order valence-electron chi connectivity index (χ3n) is 2.46. The van der Waals surface area contributed by atoms with Gasteiger partial charge in [-0.1, -0.05) is 0 Å². The van der Waals surface area contributed by atoms with Gasteiger partial charge in [0, 0.05) is 6.42 Å². The van der Waals surface area contributed by atoms with Crippen LogP contribution in [0.2, 0.25) is 0 Å². The van der Waals surface area contributed by atoms with Gasteiger partial charge < -0.3 is 26.0 Å². The minimum Gasteiger partial charge on any atom is -0.481 e. The van der Waals surface area contributed by atoms with Gasteiger partial charge in [0.1, 0.15) is 12.1 Å². The van der Waals surface area contributed by atoms with E-state index in [1.165, 1.54) is 11.8 Å². The molecule has 120 valence electrons. The molecule has 0 saturated carbocycles. The lowest BCUT2D eigenvalue weighted by Crippen LogP contribution is -2.51. The molecule has 0 aliphatic heterocycles. The summed E-state index contributed by atoms with van der Waals surface area (Å²) in [6.07, 6.45) is 1.26. The van der Waals surface area contributed by atoms with Gasteiger partial charge in [-0.15, -0.1) is 0 Å². The predicted octanol–water partition coefficient (Wildman–Crippen LogP) is -0.190. The number of urea groups is 1. The summed E-state index contributed by atoms with van der Waals surface area (Å²) in [4.78, 5) is 43.8. The number of amides is 2. The highest BCUT2D eigenvalue weighted by Gasteiger charge is 2.24. The van der Waals surface area contributed by atoms with Gasteiger partial charge in [-0.3, -0.25) is 4.79 Å². The summed E-state index contributed by atoms with van der Waals surface area (Å²) in [6.45, 7) is 0. The molecule has 5 N–H and O–H groups in total. The largest absolute Gasteiger partial charge is 0.481 e. The molecule has 2 unspecified atom stereocenters. The first kappa shape index (κ1) is 19.0. The maximum Gasteiger partial charge on any atom is 0.326 e. The molecule has 0 rings (SSSR count). The van der Waals surface area contributed by atoms with E-state index >= 15 is 0 Å². The smallest absolute Gasteiger partial charge is 0.326 e. The van der Waals surface area contributed by atoms with Gasteiger partial charge in [0.15, 0.2) is 0 Å². The van der Waals surface area contributed by atoms with Gasteiger partial charge in [0.25, 0.3) is 0 Å². The van der Waals surface area contributed by atoms with Crippen molar-refractivity contribution >= 4 is 35.7 Å².